The van der Waals surface area contributed by atoms with Gasteiger partial charge in [-0.15, -0.1) is 0 Å². The number of carbonyl (C=O) groups is 1. The van der Waals surface area contributed by atoms with Crippen LogP contribution < -0.4 is 0 Å². The highest BCUT2D eigenvalue weighted by atomic mass is 16.5. The molecule has 0 saturated carbocycles. The van der Waals surface area contributed by atoms with Crippen LogP contribution in [0.4, 0.5) is 0 Å². The minimum absolute atomic E-state index is 0.0781. The second-order valence-corrected chi connectivity index (χ2v) is 5.93. The van der Waals surface area contributed by atoms with Crippen molar-refractivity contribution in [3.05, 3.63) is 47.7 Å². The van der Waals surface area contributed by atoms with Crippen LogP contribution in [0.2, 0.25) is 0 Å². The van der Waals surface area contributed by atoms with Gasteiger partial charge in [-0.2, -0.15) is 0 Å². The fourth-order valence-corrected chi connectivity index (χ4v) is 3.09. The molecule has 0 N–H and O–H groups in total. The molecule has 0 aliphatic carbocycles. The number of para-hydroxylation sites is 1. The van der Waals surface area contributed by atoms with Gasteiger partial charge in [-0.3, -0.25) is 4.79 Å². The number of nitrogens with zero attached hydrogens (tertiary/aromatic N) is 3. The van der Waals surface area contributed by atoms with E-state index in [1.54, 1.807) is 6.07 Å². The molecular weight excluding hydrogens is 294 g/mol. The molecule has 0 atom stereocenters. The maximum absolute atomic E-state index is 12.3. The highest BCUT2D eigenvalue weighted by Crippen LogP contribution is 2.31. The Balaban J connectivity index is 1.48. The quantitative estimate of drug-likeness (QED) is 0.727. The minimum Gasteiger partial charge on any atom is -0.440 e. The van der Waals surface area contributed by atoms with Gasteiger partial charge in [-0.25, -0.2) is 4.98 Å². The van der Waals surface area contributed by atoms with E-state index in [1.165, 1.54) is 6.26 Å². The molecule has 6 heteroatoms. The normalized spacial score (nSPS) is 16.1. The Kier molecular flexibility index (Phi) is 3.37. The molecule has 1 fully saturated rings. The average Bonchev–Trinajstić information content (AvgIpc) is 3.24. The van der Waals surface area contributed by atoms with Gasteiger partial charge in [0.05, 0.1) is 0 Å². The van der Waals surface area contributed by atoms with Crippen molar-refractivity contribution in [2.75, 3.05) is 13.1 Å². The Labute approximate surface area is 133 Å². The third-order valence-corrected chi connectivity index (χ3v) is 4.42. The van der Waals surface area contributed by atoms with Crippen molar-refractivity contribution in [3.63, 3.8) is 0 Å². The molecule has 3 aromatic rings. The predicted octanol–water partition coefficient (Wildman–Crippen LogP) is 3.14. The van der Waals surface area contributed by atoms with Crippen molar-refractivity contribution in [2.24, 2.45) is 0 Å². The number of likely N-dealkylation sites (tertiary alicyclic amines) is 1. The van der Waals surface area contributed by atoms with Crippen molar-refractivity contribution < 1.29 is 13.7 Å². The van der Waals surface area contributed by atoms with Crippen molar-refractivity contribution in [1.29, 1.82) is 0 Å². The lowest BCUT2D eigenvalue weighted by Gasteiger charge is -2.29. The van der Waals surface area contributed by atoms with Crippen molar-refractivity contribution in [1.82, 2.24) is 15.0 Å². The number of hydrogen-bond acceptors (Lipinski definition) is 5. The summed E-state index contributed by atoms with van der Waals surface area (Å²) in [5, 5.41) is 3.71. The highest BCUT2D eigenvalue weighted by Gasteiger charge is 2.28. The predicted molar refractivity (Wildman–Crippen MR) is 83.1 cm³/mol. The van der Waals surface area contributed by atoms with Crippen LogP contribution in [0.15, 0.2) is 39.5 Å². The lowest BCUT2D eigenvalue weighted by Crippen LogP contribution is -2.38. The molecule has 3 heterocycles. The summed E-state index contributed by atoms with van der Waals surface area (Å²) >= 11 is 0. The van der Waals surface area contributed by atoms with Crippen LogP contribution in [0.3, 0.4) is 0 Å². The molecule has 1 aliphatic rings. The van der Waals surface area contributed by atoms with Crippen molar-refractivity contribution in [2.45, 2.75) is 25.7 Å². The molecule has 118 valence electrons. The first kappa shape index (κ1) is 14.0. The summed E-state index contributed by atoms with van der Waals surface area (Å²) in [6.45, 7) is 3.37. The van der Waals surface area contributed by atoms with Gasteiger partial charge in [0.15, 0.2) is 17.2 Å². The third-order valence-electron chi connectivity index (χ3n) is 4.42. The summed E-state index contributed by atoms with van der Waals surface area (Å²) in [5.74, 6) is 0.955. The molecule has 0 radical (unpaired) electrons. The molecule has 0 unspecified atom stereocenters. The van der Waals surface area contributed by atoms with Crippen LogP contribution in [0.5, 0.6) is 0 Å². The molecule has 23 heavy (non-hydrogen) atoms. The van der Waals surface area contributed by atoms with Gasteiger partial charge in [0.25, 0.3) is 5.91 Å². The Hall–Kier alpha value is -2.63. The molecule has 4 rings (SSSR count). The maximum Gasteiger partial charge on any atom is 0.276 e. The highest BCUT2D eigenvalue weighted by molar-refractivity contribution is 5.92. The molecule has 1 saturated heterocycles. The average molecular weight is 311 g/mol. The number of amides is 1. The topological polar surface area (TPSA) is 72.4 Å². The minimum atomic E-state index is -0.0781. The van der Waals surface area contributed by atoms with E-state index < -0.39 is 0 Å². The molecule has 0 bridgehead atoms. The molecule has 1 amide bonds. The second kappa shape index (κ2) is 5.53. The van der Waals surface area contributed by atoms with Gasteiger partial charge in [-0.05, 0) is 31.4 Å². The largest absolute Gasteiger partial charge is 0.440 e. The standard InChI is InChI=1S/C17H17N3O3/c1-11-3-2-4-13-15(11)23-16(18-13)12-5-8-20(9-6-12)17(21)14-7-10-22-19-14/h2-4,7,10,12H,5-6,8-9H2,1H3. The SMILES string of the molecule is Cc1cccc2nc(C3CCN(C(=O)c4ccon4)CC3)oc12. The zero-order valence-corrected chi connectivity index (χ0v) is 12.9. The van der Waals surface area contributed by atoms with E-state index in [0.29, 0.717) is 18.8 Å². The van der Waals surface area contributed by atoms with Gasteiger partial charge in [0.1, 0.15) is 11.8 Å². The molecule has 1 aliphatic heterocycles. The first-order valence-corrected chi connectivity index (χ1v) is 7.78. The Morgan fingerprint density at radius 3 is 2.78 bits per heavy atom. The van der Waals surface area contributed by atoms with Gasteiger partial charge < -0.3 is 13.8 Å². The van der Waals surface area contributed by atoms with Gasteiger partial charge in [0, 0.05) is 25.1 Å². The third kappa shape index (κ3) is 2.50. The zero-order valence-electron chi connectivity index (χ0n) is 12.9. The number of carbonyl (C=O) groups excluding carboxylic acids is 1. The van der Waals surface area contributed by atoms with E-state index in [0.717, 1.165) is 35.4 Å². The van der Waals surface area contributed by atoms with Crippen molar-refractivity contribution in [3.8, 4) is 0 Å². The van der Waals surface area contributed by atoms with Gasteiger partial charge in [0.2, 0.25) is 0 Å². The number of aryl methyl sites for hydroxylation is 1. The maximum atomic E-state index is 12.3. The number of piperidine rings is 1. The fraction of sp³-hybridized carbons (Fsp3) is 0.353. The van der Waals surface area contributed by atoms with E-state index in [-0.39, 0.29) is 11.8 Å². The van der Waals surface area contributed by atoms with Gasteiger partial charge >= 0.3 is 0 Å². The summed E-state index contributed by atoms with van der Waals surface area (Å²) in [7, 11) is 0. The number of rotatable bonds is 2. The summed E-state index contributed by atoms with van der Waals surface area (Å²) in [4.78, 5) is 18.7. The lowest BCUT2D eigenvalue weighted by molar-refractivity contribution is 0.0696. The van der Waals surface area contributed by atoms with Crippen LogP contribution in [-0.4, -0.2) is 34.0 Å². The summed E-state index contributed by atoms with van der Waals surface area (Å²) < 4.78 is 10.7. The number of oxazole rings is 1. The Bertz CT molecular complexity index is 830. The van der Waals surface area contributed by atoms with Crippen LogP contribution in [0.1, 0.15) is 40.7 Å². The summed E-state index contributed by atoms with van der Waals surface area (Å²) in [6.07, 6.45) is 3.10. The molecule has 1 aromatic carbocycles. The van der Waals surface area contributed by atoms with E-state index in [9.17, 15) is 4.79 Å². The number of hydrogen-bond donors (Lipinski definition) is 0. The Morgan fingerprint density at radius 1 is 1.26 bits per heavy atom. The number of fused-ring (bicyclic) bond motifs is 1. The zero-order chi connectivity index (χ0) is 15.8. The summed E-state index contributed by atoms with van der Waals surface area (Å²) in [5.41, 5.74) is 3.23. The van der Waals surface area contributed by atoms with E-state index >= 15 is 0 Å². The van der Waals surface area contributed by atoms with Crippen LogP contribution >= 0.6 is 0 Å². The van der Waals surface area contributed by atoms with E-state index in [1.807, 2.05) is 30.0 Å². The first-order valence-electron chi connectivity index (χ1n) is 7.78. The number of benzene rings is 1. The van der Waals surface area contributed by atoms with Crippen molar-refractivity contribution >= 4 is 17.0 Å². The van der Waals surface area contributed by atoms with Crippen LogP contribution in [0, 0.1) is 6.92 Å². The van der Waals surface area contributed by atoms with E-state index in [2.05, 4.69) is 10.1 Å². The Morgan fingerprint density at radius 2 is 2.09 bits per heavy atom. The second-order valence-electron chi connectivity index (χ2n) is 5.93. The smallest absolute Gasteiger partial charge is 0.276 e. The van der Waals surface area contributed by atoms with Crippen LogP contribution in [-0.2, 0) is 0 Å². The molecular formula is C17H17N3O3. The van der Waals surface area contributed by atoms with Crippen LogP contribution in [0.25, 0.3) is 11.1 Å². The summed E-state index contributed by atoms with van der Waals surface area (Å²) in [6, 6.07) is 7.58. The fourth-order valence-electron chi connectivity index (χ4n) is 3.09. The first-order chi connectivity index (χ1) is 11.2. The van der Waals surface area contributed by atoms with Gasteiger partial charge in [-0.1, -0.05) is 17.3 Å². The monoisotopic (exact) mass is 311 g/mol. The molecule has 2 aromatic heterocycles. The molecule has 6 nitrogen and oxygen atoms in total. The lowest BCUT2D eigenvalue weighted by atomic mass is 9.96. The number of aromatic nitrogens is 2. The van der Waals surface area contributed by atoms with E-state index in [4.69, 9.17) is 8.94 Å². The molecule has 0 spiro atoms.